The van der Waals surface area contributed by atoms with Crippen LogP contribution in [0, 0.1) is 0 Å². The topological polar surface area (TPSA) is 52.9 Å². The fourth-order valence-electron chi connectivity index (χ4n) is 2.16. The van der Waals surface area contributed by atoms with Crippen molar-refractivity contribution in [3.63, 3.8) is 0 Å². The molecule has 0 bridgehead atoms. The maximum Gasteiger partial charge on any atom is 0.119 e. The second-order valence-corrected chi connectivity index (χ2v) is 4.81. The molecule has 1 aliphatic rings. The molecule has 2 N–H and O–H groups in total. The third-order valence-corrected chi connectivity index (χ3v) is 3.21. The first-order chi connectivity index (χ1) is 8.74. The average Bonchev–Trinajstić information content (AvgIpc) is 2.40. The van der Waals surface area contributed by atoms with Crippen LogP contribution in [0.1, 0.15) is 12.8 Å². The summed E-state index contributed by atoms with van der Waals surface area (Å²) in [4.78, 5) is 2.17. The summed E-state index contributed by atoms with van der Waals surface area (Å²) in [5, 5.41) is 19.3. The lowest BCUT2D eigenvalue weighted by molar-refractivity contribution is 0.0338. The van der Waals surface area contributed by atoms with Crippen LogP contribution >= 0.6 is 0 Å². The van der Waals surface area contributed by atoms with Gasteiger partial charge >= 0.3 is 0 Å². The van der Waals surface area contributed by atoms with E-state index in [9.17, 15) is 10.2 Å². The SMILES string of the molecule is OC1CCN(C[C@@H](O)COc2ccccc2)CC1. The molecule has 1 atom stereocenters. The first kappa shape index (κ1) is 13.3. The van der Waals surface area contributed by atoms with Gasteiger partial charge in [-0.25, -0.2) is 0 Å². The van der Waals surface area contributed by atoms with E-state index in [1.54, 1.807) is 0 Å². The van der Waals surface area contributed by atoms with Gasteiger partial charge in [0.2, 0.25) is 0 Å². The smallest absolute Gasteiger partial charge is 0.119 e. The van der Waals surface area contributed by atoms with Gasteiger partial charge in [0.05, 0.1) is 6.10 Å². The number of hydrogen-bond acceptors (Lipinski definition) is 4. The summed E-state index contributed by atoms with van der Waals surface area (Å²) in [6.45, 7) is 2.62. The molecule has 4 nitrogen and oxygen atoms in total. The van der Waals surface area contributed by atoms with Crippen LogP contribution < -0.4 is 4.74 Å². The Balaban J connectivity index is 1.67. The summed E-state index contributed by atoms with van der Waals surface area (Å²) in [5.74, 6) is 0.783. The molecule has 2 rings (SSSR count). The third-order valence-electron chi connectivity index (χ3n) is 3.21. The molecule has 100 valence electrons. The molecule has 0 saturated carbocycles. The Morgan fingerprint density at radius 3 is 2.56 bits per heavy atom. The zero-order chi connectivity index (χ0) is 12.8. The van der Waals surface area contributed by atoms with Gasteiger partial charge in [0.1, 0.15) is 18.5 Å². The Bertz CT molecular complexity index is 336. The number of rotatable bonds is 5. The lowest BCUT2D eigenvalue weighted by atomic mass is 10.1. The first-order valence-electron chi connectivity index (χ1n) is 6.50. The maximum absolute atomic E-state index is 9.90. The van der Waals surface area contributed by atoms with E-state index in [0.717, 1.165) is 31.7 Å². The number of para-hydroxylation sites is 1. The first-order valence-corrected chi connectivity index (χ1v) is 6.50. The van der Waals surface area contributed by atoms with Crippen LogP contribution in [0.3, 0.4) is 0 Å². The van der Waals surface area contributed by atoms with Gasteiger partial charge in [-0.1, -0.05) is 18.2 Å². The van der Waals surface area contributed by atoms with E-state index >= 15 is 0 Å². The molecule has 0 unspecified atom stereocenters. The zero-order valence-corrected chi connectivity index (χ0v) is 10.5. The van der Waals surface area contributed by atoms with Gasteiger partial charge in [0.15, 0.2) is 0 Å². The van der Waals surface area contributed by atoms with E-state index in [0.29, 0.717) is 13.2 Å². The number of aliphatic hydroxyl groups excluding tert-OH is 2. The highest BCUT2D eigenvalue weighted by atomic mass is 16.5. The molecule has 1 fully saturated rings. The number of ether oxygens (including phenoxy) is 1. The van der Waals surface area contributed by atoms with Gasteiger partial charge in [-0.15, -0.1) is 0 Å². The van der Waals surface area contributed by atoms with Crippen molar-refractivity contribution in [1.82, 2.24) is 4.90 Å². The summed E-state index contributed by atoms with van der Waals surface area (Å²) < 4.78 is 5.50. The molecule has 1 aliphatic heterocycles. The van der Waals surface area contributed by atoms with Gasteiger partial charge in [0, 0.05) is 19.6 Å². The lowest BCUT2D eigenvalue weighted by Gasteiger charge is -2.30. The van der Waals surface area contributed by atoms with E-state index in [4.69, 9.17) is 4.74 Å². The minimum absolute atomic E-state index is 0.168. The molecule has 0 radical (unpaired) electrons. The summed E-state index contributed by atoms with van der Waals surface area (Å²) >= 11 is 0. The van der Waals surface area contributed by atoms with E-state index in [1.165, 1.54) is 0 Å². The fourth-order valence-corrected chi connectivity index (χ4v) is 2.16. The number of likely N-dealkylation sites (tertiary alicyclic amines) is 1. The van der Waals surface area contributed by atoms with E-state index in [1.807, 2.05) is 30.3 Å². The monoisotopic (exact) mass is 251 g/mol. The van der Waals surface area contributed by atoms with Crippen LogP contribution in [-0.4, -0.2) is 53.6 Å². The van der Waals surface area contributed by atoms with Gasteiger partial charge in [-0.05, 0) is 25.0 Å². The summed E-state index contributed by atoms with van der Waals surface area (Å²) in [6.07, 6.45) is 0.942. The fraction of sp³-hybridized carbons (Fsp3) is 0.571. The van der Waals surface area contributed by atoms with Crippen molar-refractivity contribution in [3.8, 4) is 5.75 Å². The minimum Gasteiger partial charge on any atom is -0.491 e. The van der Waals surface area contributed by atoms with E-state index in [-0.39, 0.29) is 6.10 Å². The Morgan fingerprint density at radius 2 is 1.89 bits per heavy atom. The van der Waals surface area contributed by atoms with Crippen molar-refractivity contribution in [2.24, 2.45) is 0 Å². The third kappa shape index (κ3) is 4.29. The zero-order valence-electron chi connectivity index (χ0n) is 10.5. The molecule has 4 heteroatoms. The molecular weight excluding hydrogens is 230 g/mol. The Morgan fingerprint density at radius 1 is 1.22 bits per heavy atom. The number of piperidine rings is 1. The minimum atomic E-state index is -0.486. The molecule has 1 saturated heterocycles. The Hall–Kier alpha value is -1.10. The lowest BCUT2D eigenvalue weighted by Crippen LogP contribution is -2.41. The van der Waals surface area contributed by atoms with Gasteiger partial charge in [-0.2, -0.15) is 0 Å². The molecule has 0 amide bonds. The van der Waals surface area contributed by atoms with Crippen molar-refractivity contribution in [2.75, 3.05) is 26.2 Å². The van der Waals surface area contributed by atoms with Crippen LogP contribution in [0.2, 0.25) is 0 Å². The van der Waals surface area contributed by atoms with E-state index in [2.05, 4.69) is 4.90 Å². The van der Waals surface area contributed by atoms with Crippen molar-refractivity contribution in [2.45, 2.75) is 25.0 Å². The molecule has 0 aromatic heterocycles. The van der Waals surface area contributed by atoms with Crippen LogP contribution in [-0.2, 0) is 0 Å². The number of hydrogen-bond donors (Lipinski definition) is 2. The number of β-amino-alcohol motifs (C(OH)–C–C–N with tert-alkyl or cyclic N) is 1. The van der Waals surface area contributed by atoms with Crippen molar-refractivity contribution < 1.29 is 14.9 Å². The van der Waals surface area contributed by atoms with Gasteiger partial charge < -0.3 is 19.8 Å². The molecule has 1 aromatic carbocycles. The summed E-state index contributed by atoms with van der Waals surface area (Å²) in [7, 11) is 0. The van der Waals surface area contributed by atoms with Crippen LogP contribution in [0.4, 0.5) is 0 Å². The van der Waals surface area contributed by atoms with Gasteiger partial charge in [0.25, 0.3) is 0 Å². The predicted molar refractivity (Wildman–Crippen MR) is 69.6 cm³/mol. The predicted octanol–water partition coefficient (Wildman–Crippen LogP) is 0.883. The molecule has 1 heterocycles. The second-order valence-electron chi connectivity index (χ2n) is 4.81. The number of aliphatic hydroxyl groups is 2. The van der Waals surface area contributed by atoms with Crippen LogP contribution in [0.25, 0.3) is 0 Å². The average molecular weight is 251 g/mol. The van der Waals surface area contributed by atoms with Crippen molar-refractivity contribution in [3.05, 3.63) is 30.3 Å². The highest BCUT2D eigenvalue weighted by Crippen LogP contribution is 2.11. The second kappa shape index (κ2) is 6.73. The summed E-state index contributed by atoms with van der Waals surface area (Å²) in [5.41, 5.74) is 0. The maximum atomic E-state index is 9.90. The largest absolute Gasteiger partial charge is 0.491 e. The standard InChI is InChI=1S/C14H21NO3/c16-12-6-8-15(9-7-12)10-13(17)11-18-14-4-2-1-3-5-14/h1-5,12-13,16-17H,6-11H2/t13-/m1/s1. The van der Waals surface area contributed by atoms with Crippen molar-refractivity contribution in [1.29, 1.82) is 0 Å². The summed E-state index contributed by atoms with van der Waals surface area (Å²) in [6, 6.07) is 9.51. The highest BCUT2D eigenvalue weighted by Gasteiger charge is 2.19. The molecule has 18 heavy (non-hydrogen) atoms. The molecule has 1 aromatic rings. The van der Waals surface area contributed by atoms with Crippen molar-refractivity contribution >= 4 is 0 Å². The molecule has 0 spiro atoms. The van der Waals surface area contributed by atoms with Crippen LogP contribution in [0.15, 0.2) is 30.3 Å². The van der Waals surface area contributed by atoms with E-state index < -0.39 is 6.10 Å². The number of nitrogens with zero attached hydrogens (tertiary/aromatic N) is 1. The van der Waals surface area contributed by atoms with Gasteiger partial charge in [-0.3, -0.25) is 0 Å². The quantitative estimate of drug-likeness (QED) is 0.816. The van der Waals surface area contributed by atoms with Crippen LogP contribution in [0.5, 0.6) is 5.75 Å². The Kier molecular flexibility index (Phi) is 4.99. The molecule has 0 aliphatic carbocycles. The normalized spacial score (nSPS) is 19.7. The Labute approximate surface area is 108 Å². The number of benzene rings is 1. The molecular formula is C14H21NO3. The highest BCUT2D eigenvalue weighted by molar-refractivity contribution is 5.20.